The maximum absolute atomic E-state index is 5.26. The second-order valence-corrected chi connectivity index (χ2v) is 9.50. The molecule has 7 rings (SSSR count). The van der Waals surface area contributed by atoms with E-state index in [0.717, 1.165) is 17.0 Å². The molecule has 0 aliphatic heterocycles. The summed E-state index contributed by atoms with van der Waals surface area (Å²) in [6.45, 7) is 40.2. The number of aryl methyl sites for hydroxylation is 4. The van der Waals surface area contributed by atoms with Crippen LogP contribution in [0, 0.1) is 27.7 Å². The second-order valence-electron chi connectivity index (χ2n) is 9.50. The first-order chi connectivity index (χ1) is 27.0. The molecule has 306 valence electrons. The van der Waals surface area contributed by atoms with Crippen LogP contribution >= 0.6 is 0 Å². The predicted octanol–water partition coefficient (Wildman–Crippen LogP) is 18.6. The van der Waals surface area contributed by atoms with Crippen molar-refractivity contribution in [3.05, 3.63) is 162 Å². The summed E-state index contributed by atoms with van der Waals surface area (Å²) in [5, 5.41) is 5.33. The highest BCUT2D eigenvalue weighted by atomic mass is 16.3. The predicted molar refractivity (Wildman–Crippen MR) is 258 cm³/mol. The van der Waals surface area contributed by atoms with E-state index in [-0.39, 0.29) is 0 Å². The molecule has 0 N–H and O–H groups in total. The Labute approximate surface area is 341 Å². The summed E-state index contributed by atoms with van der Waals surface area (Å²) in [4.78, 5) is 4.15. The Hall–Kier alpha value is -4.69. The molecule has 55 heavy (non-hydrogen) atoms. The van der Waals surface area contributed by atoms with E-state index in [4.69, 9.17) is 4.42 Å². The maximum Gasteiger partial charge on any atom is 0.192 e. The van der Waals surface area contributed by atoms with E-state index in [1.54, 1.807) is 0 Å². The zero-order valence-corrected chi connectivity index (χ0v) is 39.1. The molecule has 0 fully saturated rings. The zero-order chi connectivity index (χ0) is 43.5. The Balaban J connectivity index is -0.000000181. The Morgan fingerprint density at radius 2 is 0.782 bits per heavy atom. The quantitative estimate of drug-likeness (QED) is 0.154. The average molecular weight is 750 g/mol. The number of aromatic nitrogens is 1. The van der Waals surface area contributed by atoms with Crippen molar-refractivity contribution in [2.45, 2.75) is 138 Å². The van der Waals surface area contributed by atoms with Gasteiger partial charge < -0.3 is 4.42 Å². The molecule has 2 nitrogen and oxygen atoms in total. The van der Waals surface area contributed by atoms with Gasteiger partial charge in [0.05, 0.1) is 0 Å². The Bertz CT molecular complexity index is 1700. The van der Waals surface area contributed by atoms with Crippen LogP contribution in [0.4, 0.5) is 0 Å². The fourth-order valence-corrected chi connectivity index (χ4v) is 4.22. The molecule has 2 heteroatoms. The molecular weight excluding hydrogens is 667 g/mol. The molecule has 0 amide bonds. The van der Waals surface area contributed by atoms with Crippen molar-refractivity contribution in [2.24, 2.45) is 0 Å². The number of oxazole rings is 1. The van der Waals surface area contributed by atoms with Crippen LogP contribution in [0.5, 0.6) is 0 Å². The number of hydrogen-bond acceptors (Lipinski definition) is 2. The third kappa shape index (κ3) is 27.5. The van der Waals surface area contributed by atoms with Gasteiger partial charge in [0.2, 0.25) is 0 Å². The Morgan fingerprint density at radius 1 is 0.345 bits per heavy atom. The van der Waals surface area contributed by atoms with E-state index in [1.807, 2.05) is 160 Å². The molecule has 0 spiro atoms. The molecule has 7 aromatic rings. The highest BCUT2D eigenvalue weighted by molar-refractivity contribution is 5.85. The van der Waals surface area contributed by atoms with E-state index in [2.05, 4.69) is 123 Å². The van der Waals surface area contributed by atoms with Crippen LogP contribution in [-0.2, 0) is 0 Å². The molecule has 0 aliphatic rings. The van der Waals surface area contributed by atoms with Crippen LogP contribution in [0.2, 0.25) is 0 Å². The number of benzene rings is 6. The van der Waals surface area contributed by atoms with Gasteiger partial charge in [-0.3, -0.25) is 0 Å². The second kappa shape index (κ2) is 45.5. The molecule has 6 aromatic carbocycles. The number of rotatable bonds is 0. The van der Waals surface area contributed by atoms with Crippen molar-refractivity contribution in [2.75, 3.05) is 0 Å². The minimum Gasteiger partial charge on any atom is -0.441 e. The molecule has 0 unspecified atom stereocenters. The lowest BCUT2D eigenvalue weighted by Crippen LogP contribution is -1.75. The molecule has 0 aliphatic carbocycles. The third-order valence-corrected chi connectivity index (χ3v) is 6.25. The minimum atomic E-state index is 0.723. The normalized spacial score (nSPS) is 8.00. The first-order valence-electron chi connectivity index (χ1n) is 21.2. The fraction of sp³-hybridized carbons (Fsp3) is 0.377. The highest BCUT2D eigenvalue weighted by Crippen LogP contribution is 2.17. The van der Waals surface area contributed by atoms with Crippen molar-refractivity contribution in [1.29, 1.82) is 0 Å². The lowest BCUT2D eigenvalue weighted by molar-refractivity contribution is 0.561. The number of fused-ring (bicyclic) bond motifs is 3. The van der Waals surface area contributed by atoms with Gasteiger partial charge in [-0.15, -0.1) is 0 Å². The Morgan fingerprint density at radius 3 is 1.27 bits per heavy atom. The fourth-order valence-electron chi connectivity index (χ4n) is 4.22. The van der Waals surface area contributed by atoms with Crippen molar-refractivity contribution < 1.29 is 4.42 Å². The van der Waals surface area contributed by atoms with Gasteiger partial charge in [0.15, 0.2) is 11.5 Å². The van der Waals surface area contributed by atoms with Crippen molar-refractivity contribution in [1.82, 2.24) is 4.98 Å². The standard InChI is InChI=1S/2C11H10.C8H7NO.C7H8.8C2H6/c1-9-5-4-7-10-6-2-3-8-11(9)10;1-9-6-7-10-4-2-3-5-11(10)8-9;1-6-9-7-4-2-3-5-8(7)10-6;1-7-5-3-2-4-6-7;8*1-2/h2*2-8H,1H3;2-5H,1H3;2-6H,1H3;8*1-2H3. The highest BCUT2D eigenvalue weighted by Gasteiger charge is 1.97. The molecule has 1 aromatic heterocycles. The number of nitrogens with zero attached hydrogens (tertiary/aromatic N) is 1. The summed E-state index contributed by atoms with van der Waals surface area (Å²) in [7, 11) is 0. The molecular formula is C53H83NO. The van der Waals surface area contributed by atoms with Gasteiger partial charge in [-0.2, -0.15) is 0 Å². The SMILES string of the molecule is CC.CC.CC.CC.CC.CC.CC.CC.Cc1ccc2ccccc2c1.Cc1cccc2ccccc12.Cc1ccccc1.Cc1nc2ccccc2o1. The van der Waals surface area contributed by atoms with Crippen LogP contribution in [0.25, 0.3) is 32.6 Å². The van der Waals surface area contributed by atoms with Gasteiger partial charge in [0, 0.05) is 6.92 Å². The van der Waals surface area contributed by atoms with E-state index >= 15 is 0 Å². The van der Waals surface area contributed by atoms with Gasteiger partial charge >= 0.3 is 0 Å². The van der Waals surface area contributed by atoms with Crippen LogP contribution in [0.3, 0.4) is 0 Å². The van der Waals surface area contributed by atoms with Gasteiger partial charge in [-0.1, -0.05) is 249 Å². The van der Waals surface area contributed by atoms with Gasteiger partial charge in [0.1, 0.15) is 5.52 Å². The number of hydrogen-bond donors (Lipinski definition) is 0. The molecule has 0 radical (unpaired) electrons. The van der Waals surface area contributed by atoms with Crippen LogP contribution in [0.1, 0.15) is 133 Å². The Kier molecular flexibility index (Phi) is 49.3. The van der Waals surface area contributed by atoms with E-state index in [0.29, 0.717) is 0 Å². The molecule has 1 heterocycles. The summed E-state index contributed by atoms with van der Waals surface area (Å²) in [6, 6.07) is 47.7. The topological polar surface area (TPSA) is 26.0 Å². The van der Waals surface area contributed by atoms with Gasteiger partial charge in [-0.25, -0.2) is 4.98 Å². The lowest BCUT2D eigenvalue weighted by Gasteiger charge is -1.98. The first kappa shape index (κ1) is 59.6. The summed E-state index contributed by atoms with van der Waals surface area (Å²) in [6.07, 6.45) is 0. The maximum atomic E-state index is 5.26. The summed E-state index contributed by atoms with van der Waals surface area (Å²) >= 11 is 0. The molecule has 0 saturated heterocycles. The van der Waals surface area contributed by atoms with E-state index < -0.39 is 0 Å². The summed E-state index contributed by atoms with van der Waals surface area (Å²) in [5.74, 6) is 0.723. The number of para-hydroxylation sites is 2. The summed E-state index contributed by atoms with van der Waals surface area (Å²) < 4.78 is 5.26. The summed E-state index contributed by atoms with van der Waals surface area (Å²) in [5.41, 5.74) is 5.79. The van der Waals surface area contributed by atoms with Crippen LogP contribution in [0.15, 0.2) is 144 Å². The van der Waals surface area contributed by atoms with Crippen LogP contribution in [-0.4, -0.2) is 4.98 Å². The van der Waals surface area contributed by atoms with Crippen molar-refractivity contribution in [3.8, 4) is 0 Å². The molecule has 0 saturated carbocycles. The first-order valence-corrected chi connectivity index (χ1v) is 21.2. The van der Waals surface area contributed by atoms with Gasteiger partial charge in [0.25, 0.3) is 0 Å². The van der Waals surface area contributed by atoms with E-state index in [1.165, 1.54) is 38.2 Å². The largest absolute Gasteiger partial charge is 0.441 e. The third-order valence-electron chi connectivity index (χ3n) is 6.25. The van der Waals surface area contributed by atoms with Crippen LogP contribution < -0.4 is 0 Å². The monoisotopic (exact) mass is 750 g/mol. The smallest absolute Gasteiger partial charge is 0.192 e. The average Bonchev–Trinajstić information content (AvgIpc) is 3.68. The molecule has 0 atom stereocenters. The molecule has 0 bridgehead atoms. The van der Waals surface area contributed by atoms with E-state index in [9.17, 15) is 0 Å². The van der Waals surface area contributed by atoms with Crippen molar-refractivity contribution >= 4 is 32.6 Å². The lowest BCUT2D eigenvalue weighted by atomic mass is 10.1. The van der Waals surface area contributed by atoms with Gasteiger partial charge in [-0.05, 0) is 60.0 Å². The zero-order valence-electron chi connectivity index (χ0n) is 39.1. The van der Waals surface area contributed by atoms with Crippen molar-refractivity contribution in [3.63, 3.8) is 0 Å². The minimum absolute atomic E-state index is 0.723.